The first-order valence-corrected chi connectivity index (χ1v) is 6.41. The summed E-state index contributed by atoms with van der Waals surface area (Å²) >= 11 is 0. The number of hydrogen-bond acceptors (Lipinski definition) is 2. The van der Waals surface area contributed by atoms with Crippen LogP contribution in [0.1, 0.15) is 36.0 Å². The normalized spacial score (nSPS) is 16.9. The SMILES string of the molecule is O=C(NCC1(C(=O)O)CCCC1)c1ccc(F)cc1F. The van der Waals surface area contributed by atoms with Crippen molar-refractivity contribution in [3.8, 4) is 0 Å². The van der Waals surface area contributed by atoms with E-state index >= 15 is 0 Å². The van der Waals surface area contributed by atoms with E-state index in [9.17, 15) is 23.5 Å². The van der Waals surface area contributed by atoms with Crippen LogP contribution in [0, 0.1) is 17.0 Å². The molecule has 0 heterocycles. The van der Waals surface area contributed by atoms with Gasteiger partial charge in [0.2, 0.25) is 0 Å². The molecule has 1 saturated carbocycles. The third-order valence-electron chi connectivity index (χ3n) is 3.78. The van der Waals surface area contributed by atoms with Crippen LogP contribution < -0.4 is 5.32 Å². The smallest absolute Gasteiger partial charge is 0.311 e. The van der Waals surface area contributed by atoms with Gasteiger partial charge >= 0.3 is 5.97 Å². The molecule has 1 aromatic carbocycles. The van der Waals surface area contributed by atoms with Crippen molar-refractivity contribution in [1.29, 1.82) is 0 Å². The molecule has 0 spiro atoms. The molecule has 2 N–H and O–H groups in total. The maximum atomic E-state index is 13.4. The second-order valence-electron chi connectivity index (χ2n) is 5.10. The Morgan fingerprint density at radius 3 is 2.45 bits per heavy atom. The zero-order chi connectivity index (χ0) is 14.8. The first-order chi connectivity index (χ1) is 9.44. The molecular weight excluding hydrogens is 268 g/mol. The quantitative estimate of drug-likeness (QED) is 0.891. The lowest BCUT2D eigenvalue weighted by Crippen LogP contribution is -2.41. The number of nitrogens with one attached hydrogen (secondary N) is 1. The van der Waals surface area contributed by atoms with Crippen molar-refractivity contribution in [2.45, 2.75) is 25.7 Å². The van der Waals surface area contributed by atoms with Gasteiger partial charge in [-0.15, -0.1) is 0 Å². The summed E-state index contributed by atoms with van der Waals surface area (Å²) in [6, 6.07) is 2.65. The van der Waals surface area contributed by atoms with E-state index in [-0.39, 0.29) is 12.1 Å². The number of carboxylic acids is 1. The molecule has 0 unspecified atom stereocenters. The Kier molecular flexibility index (Phi) is 4.01. The number of carbonyl (C=O) groups is 2. The third-order valence-corrected chi connectivity index (χ3v) is 3.78. The summed E-state index contributed by atoms with van der Waals surface area (Å²) in [5.74, 6) is -3.40. The second-order valence-corrected chi connectivity index (χ2v) is 5.10. The topological polar surface area (TPSA) is 66.4 Å². The molecule has 0 aliphatic heterocycles. The van der Waals surface area contributed by atoms with Crippen LogP contribution in [0.25, 0.3) is 0 Å². The van der Waals surface area contributed by atoms with Crippen LogP contribution in [0.4, 0.5) is 8.78 Å². The molecule has 108 valence electrons. The third kappa shape index (κ3) is 2.79. The fraction of sp³-hybridized carbons (Fsp3) is 0.429. The van der Waals surface area contributed by atoms with Gasteiger partial charge in [-0.1, -0.05) is 12.8 Å². The van der Waals surface area contributed by atoms with Crippen molar-refractivity contribution >= 4 is 11.9 Å². The van der Waals surface area contributed by atoms with Gasteiger partial charge in [0, 0.05) is 12.6 Å². The Morgan fingerprint density at radius 2 is 1.90 bits per heavy atom. The predicted octanol–water partition coefficient (Wildman–Crippen LogP) is 2.34. The van der Waals surface area contributed by atoms with Gasteiger partial charge in [0.05, 0.1) is 11.0 Å². The van der Waals surface area contributed by atoms with Crippen LogP contribution in [-0.2, 0) is 4.79 Å². The highest BCUT2D eigenvalue weighted by Crippen LogP contribution is 2.37. The standard InChI is InChI=1S/C14H15F2NO3/c15-9-3-4-10(11(16)7-9)12(18)17-8-14(13(19)20)5-1-2-6-14/h3-4,7H,1-2,5-6,8H2,(H,17,18)(H,19,20). The number of carboxylic acid groups (broad SMARTS) is 1. The molecule has 0 bridgehead atoms. The average Bonchev–Trinajstić information content (AvgIpc) is 2.86. The number of amides is 1. The number of rotatable bonds is 4. The van der Waals surface area contributed by atoms with E-state index in [0.29, 0.717) is 18.9 Å². The molecule has 1 fully saturated rings. The van der Waals surface area contributed by atoms with Crippen molar-refractivity contribution in [2.75, 3.05) is 6.54 Å². The van der Waals surface area contributed by atoms with E-state index in [1.54, 1.807) is 0 Å². The van der Waals surface area contributed by atoms with E-state index in [4.69, 9.17) is 0 Å². The highest BCUT2D eigenvalue weighted by Gasteiger charge is 2.41. The van der Waals surface area contributed by atoms with Crippen LogP contribution in [0.5, 0.6) is 0 Å². The van der Waals surface area contributed by atoms with Crippen molar-refractivity contribution < 1.29 is 23.5 Å². The first kappa shape index (κ1) is 14.4. The first-order valence-electron chi connectivity index (χ1n) is 6.41. The Labute approximate surface area is 114 Å². The van der Waals surface area contributed by atoms with Gasteiger partial charge in [0.25, 0.3) is 5.91 Å². The minimum atomic E-state index is -0.966. The molecule has 0 atom stereocenters. The summed E-state index contributed by atoms with van der Waals surface area (Å²) in [4.78, 5) is 23.1. The lowest BCUT2D eigenvalue weighted by atomic mass is 9.86. The molecule has 2 rings (SSSR count). The highest BCUT2D eigenvalue weighted by atomic mass is 19.1. The minimum absolute atomic E-state index is 0.0437. The largest absolute Gasteiger partial charge is 0.481 e. The number of halogens is 2. The predicted molar refractivity (Wildman–Crippen MR) is 67.2 cm³/mol. The zero-order valence-electron chi connectivity index (χ0n) is 10.8. The van der Waals surface area contributed by atoms with Gasteiger partial charge in [-0.05, 0) is 25.0 Å². The minimum Gasteiger partial charge on any atom is -0.481 e. The lowest BCUT2D eigenvalue weighted by molar-refractivity contribution is -0.148. The molecule has 0 saturated heterocycles. The van der Waals surface area contributed by atoms with E-state index in [2.05, 4.69) is 5.32 Å². The molecule has 1 aliphatic carbocycles. The Balaban J connectivity index is 2.06. The molecule has 1 aromatic rings. The van der Waals surface area contributed by atoms with Gasteiger partial charge < -0.3 is 10.4 Å². The fourth-order valence-electron chi connectivity index (χ4n) is 2.54. The highest BCUT2D eigenvalue weighted by molar-refractivity contribution is 5.94. The Hall–Kier alpha value is -1.98. The van der Waals surface area contributed by atoms with E-state index < -0.39 is 28.9 Å². The van der Waals surface area contributed by atoms with Crippen LogP contribution in [0.3, 0.4) is 0 Å². The monoisotopic (exact) mass is 283 g/mol. The zero-order valence-corrected chi connectivity index (χ0v) is 10.8. The summed E-state index contributed by atoms with van der Waals surface area (Å²) in [7, 11) is 0. The van der Waals surface area contributed by atoms with E-state index in [1.807, 2.05) is 0 Å². The van der Waals surface area contributed by atoms with Crippen molar-refractivity contribution in [1.82, 2.24) is 5.32 Å². The maximum Gasteiger partial charge on any atom is 0.311 e. The summed E-state index contributed by atoms with van der Waals surface area (Å²) in [6.45, 7) is -0.0437. The van der Waals surface area contributed by atoms with Crippen LogP contribution in [0.15, 0.2) is 18.2 Å². The number of carbonyl (C=O) groups excluding carboxylic acids is 1. The van der Waals surface area contributed by atoms with E-state index in [0.717, 1.165) is 25.0 Å². The lowest BCUT2D eigenvalue weighted by Gasteiger charge is -2.24. The van der Waals surface area contributed by atoms with Crippen LogP contribution in [-0.4, -0.2) is 23.5 Å². The maximum absolute atomic E-state index is 13.4. The molecule has 0 radical (unpaired) electrons. The molecule has 4 nitrogen and oxygen atoms in total. The molecule has 20 heavy (non-hydrogen) atoms. The molecule has 1 amide bonds. The average molecular weight is 283 g/mol. The van der Waals surface area contributed by atoms with Gasteiger partial charge in [-0.25, -0.2) is 8.78 Å². The van der Waals surface area contributed by atoms with Crippen molar-refractivity contribution in [3.05, 3.63) is 35.4 Å². The van der Waals surface area contributed by atoms with Crippen LogP contribution >= 0.6 is 0 Å². The summed E-state index contributed by atoms with van der Waals surface area (Å²) in [6.07, 6.45) is 2.59. The number of benzene rings is 1. The van der Waals surface area contributed by atoms with E-state index in [1.165, 1.54) is 0 Å². The van der Waals surface area contributed by atoms with Crippen molar-refractivity contribution in [3.63, 3.8) is 0 Å². The molecule has 1 aliphatic rings. The number of aliphatic carboxylic acids is 1. The number of hydrogen-bond donors (Lipinski definition) is 2. The van der Waals surface area contributed by atoms with Gasteiger partial charge in [-0.3, -0.25) is 9.59 Å². The summed E-state index contributed by atoms with van der Waals surface area (Å²) in [5, 5.41) is 11.7. The second kappa shape index (κ2) is 5.56. The molecule has 6 heteroatoms. The van der Waals surface area contributed by atoms with Gasteiger partial charge in [0.1, 0.15) is 11.6 Å². The van der Waals surface area contributed by atoms with Crippen molar-refractivity contribution in [2.24, 2.45) is 5.41 Å². The van der Waals surface area contributed by atoms with Gasteiger partial charge in [-0.2, -0.15) is 0 Å². The summed E-state index contributed by atoms with van der Waals surface area (Å²) < 4.78 is 26.2. The van der Waals surface area contributed by atoms with Gasteiger partial charge in [0.15, 0.2) is 0 Å². The molecule has 0 aromatic heterocycles. The fourth-order valence-corrected chi connectivity index (χ4v) is 2.54. The molecular formula is C14H15F2NO3. The van der Waals surface area contributed by atoms with Crippen LogP contribution in [0.2, 0.25) is 0 Å². The Bertz CT molecular complexity index is 539. The summed E-state index contributed by atoms with van der Waals surface area (Å²) in [5.41, 5.74) is -1.25. The Morgan fingerprint density at radius 1 is 1.25 bits per heavy atom.